The third-order valence-electron chi connectivity index (χ3n) is 2.48. The molecule has 0 atom stereocenters. The van der Waals surface area contributed by atoms with Crippen LogP contribution in [-0.4, -0.2) is 14.7 Å². The maximum Gasteiger partial charge on any atom is 0.185 e. The van der Waals surface area contributed by atoms with Crippen molar-refractivity contribution in [3.05, 3.63) is 34.9 Å². The summed E-state index contributed by atoms with van der Waals surface area (Å²) in [6.45, 7) is 0. The Bertz CT molecular complexity index is 771. The molecule has 0 spiro atoms. The average molecular weight is 313 g/mol. The molecule has 1 heterocycles. The number of benzene rings is 1. The molecule has 0 aliphatic heterocycles. The first-order valence-corrected chi connectivity index (χ1v) is 8.21. The molecule has 4 nitrogen and oxygen atoms in total. The Morgan fingerprint density at radius 2 is 1.89 bits per heavy atom. The summed E-state index contributed by atoms with van der Waals surface area (Å²) >= 11 is 6.71. The molecule has 0 saturated heterocycles. The summed E-state index contributed by atoms with van der Waals surface area (Å²) < 4.78 is 23.7. The molecule has 0 aliphatic rings. The number of anilines is 1. The van der Waals surface area contributed by atoms with Crippen molar-refractivity contribution in [3.63, 3.8) is 0 Å². The van der Waals surface area contributed by atoms with Gasteiger partial charge in [0.05, 0.1) is 5.56 Å². The fraction of sp³-hybridized carbons (Fsp3) is 0.0833. The summed E-state index contributed by atoms with van der Waals surface area (Å²) in [4.78, 5) is 0. The molecule has 0 fully saturated rings. The third kappa shape index (κ3) is 2.59. The van der Waals surface area contributed by atoms with Crippen LogP contribution in [0.1, 0.15) is 5.56 Å². The Morgan fingerprint density at radius 1 is 1.32 bits per heavy atom. The second kappa shape index (κ2) is 4.85. The second-order valence-electron chi connectivity index (χ2n) is 3.89. The largest absolute Gasteiger partial charge is 0.389 e. The van der Waals surface area contributed by atoms with Crippen molar-refractivity contribution < 1.29 is 8.42 Å². The molecule has 0 unspecified atom stereocenters. The van der Waals surface area contributed by atoms with Crippen molar-refractivity contribution in [3.8, 4) is 17.2 Å². The van der Waals surface area contributed by atoms with Gasteiger partial charge in [-0.05, 0) is 17.7 Å². The van der Waals surface area contributed by atoms with Gasteiger partial charge in [-0.3, -0.25) is 0 Å². The summed E-state index contributed by atoms with van der Waals surface area (Å²) in [7, 11) is -3.45. The molecule has 0 radical (unpaired) electrons. The van der Waals surface area contributed by atoms with Crippen LogP contribution in [0.5, 0.6) is 0 Å². The van der Waals surface area contributed by atoms with Crippen LogP contribution in [0.4, 0.5) is 5.00 Å². The number of hydrogen-bond acceptors (Lipinski definition) is 5. The van der Waals surface area contributed by atoms with E-state index in [4.69, 9.17) is 22.6 Å². The molecule has 7 heteroatoms. The first kappa shape index (κ1) is 13.9. The fourth-order valence-corrected chi connectivity index (χ4v) is 4.04. The number of halogens is 1. The van der Waals surface area contributed by atoms with Crippen LogP contribution >= 0.6 is 22.9 Å². The van der Waals surface area contributed by atoms with E-state index in [2.05, 4.69) is 0 Å². The van der Waals surface area contributed by atoms with Gasteiger partial charge in [-0.15, -0.1) is 11.3 Å². The lowest BCUT2D eigenvalue weighted by atomic mass is 10.1. The van der Waals surface area contributed by atoms with Crippen LogP contribution in [0, 0.1) is 11.3 Å². The Balaban J connectivity index is 2.81. The van der Waals surface area contributed by atoms with Crippen LogP contribution in [0.25, 0.3) is 11.1 Å². The van der Waals surface area contributed by atoms with E-state index in [0.29, 0.717) is 16.1 Å². The minimum Gasteiger partial charge on any atom is -0.389 e. The van der Waals surface area contributed by atoms with Crippen LogP contribution in [0.2, 0.25) is 5.02 Å². The zero-order valence-corrected chi connectivity index (χ0v) is 12.2. The van der Waals surface area contributed by atoms with Crippen molar-refractivity contribution >= 4 is 37.8 Å². The summed E-state index contributed by atoms with van der Waals surface area (Å²) in [5.74, 6) is 0. The lowest BCUT2D eigenvalue weighted by molar-refractivity contribution is 0.604. The SMILES string of the molecule is CS(=O)(=O)c1sc(N)c(C#N)c1-c1ccc(Cl)cc1. The number of hydrogen-bond donors (Lipinski definition) is 1. The lowest BCUT2D eigenvalue weighted by Gasteiger charge is -2.03. The molecule has 2 N–H and O–H groups in total. The Labute approximate surface area is 120 Å². The van der Waals surface area contributed by atoms with Gasteiger partial charge < -0.3 is 5.73 Å². The maximum atomic E-state index is 11.8. The highest BCUT2D eigenvalue weighted by Gasteiger charge is 2.24. The standard InChI is InChI=1S/C12H9ClN2O2S2/c1-19(16,17)12-10(9(6-14)11(15)18-12)7-2-4-8(13)5-3-7/h2-5H,15H2,1H3. The highest BCUT2D eigenvalue weighted by Crippen LogP contribution is 2.41. The lowest BCUT2D eigenvalue weighted by Crippen LogP contribution is -1.96. The molecule has 0 bridgehead atoms. The predicted molar refractivity (Wildman–Crippen MR) is 77.0 cm³/mol. The van der Waals surface area contributed by atoms with Crippen LogP contribution in [0.3, 0.4) is 0 Å². The highest BCUT2D eigenvalue weighted by molar-refractivity contribution is 7.93. The number of rotatable bonds is 2. The smallest absolute Gasteiger partial charge is 0.185 e. The van der Waals surface area contributed by atoms with Gasteiger partial charge in [0.15, 0.2) is 9.84 Å². The number of sulfone groups is 1. The van der Waals surface area contributed by atoms with Gasteiger partial charge in [0.1, 0.15) is 15.3 Å². The topological polar surface area (TPSA) is 83.9 Å². The normalized spacial score (nSPS) is 11.2. The van der Waals surface area contributed by atoms with Gasteiger partial charge in [0.25, 0.3) is 0 Å². The molecular formula is C12H9ClN2O2S2. The number of thiophene rings is 1. The van der Waals surface area contributed by atoms with Crippen molar-refractivity contribution in [1.82, 2.24) is 0 Å². The van der Waals surface area contributed by atoms with E-state index in [0.717, 1.165) is 17.6 Å². The van der Waals surface area contributed by atoms with Crippen LogP contribution in [0.15, 0.2) is 28.5 Å². The highest BCUT2D eigenvalue weighted by atomic mass is 35.5. The number of nitrogen functional groups attached to an aromatic ring is 1. The van der Waals surface area contributed by atoms with Crippen molar-refractivity contribution in [1.29, 1.82) is 5.26 Å². The summed E-state index contributed by atoms with van der Waals surface area (Å²) in [6.07, 6.45) is 1.10. The van der Waals surface area contributed by atoms with Gasteiger partial charge in [0, 0.05) is 16.8 Å². The number of nitriles is 1. The first-order chi connectivity index (χ1) is 8.84. The van der Waals surface area contributed by atoms with E-state index in [9.17, 15) is 8.42 Å². The zero-order valence-electron chi connectivity index (χ0n) is 9.84. The van der Waals surface area contributed by atoms with E-state index in [-0.39, 0.29) is 14.8 Å². The van der Waals surface area contributed by atoms with Crippen molar-refractivity contribution in [2.45, 2.75) is 4.21 Å². The van der Waals surface area contributed by atoms with Crippen molar-refractivity contribution in [2.24, 2.45) is 0 Å². The average Bonchev–Trinajstić information content (AvgIpc) is 2.67. The van der Waals surface area contributed by atoms with Gasteiger partial charge in [-0.25, -0.2) is 8.42 Å². The Hall–Kier alpha value is -1.55. The van der Waals surface area contributed by atoms with E-state index in [1.165, 1.54) is 0 Å². The molecule has 19 heavy (non-hydrogen) atoms. The predicted octanol–water partition coefficient (Wildman–Crippen LogP) is 2.93. The second-order valence-corrected chi connectivity index (χ2v) is 7.59. The van der Waals surface area contributed by atoms with Crippen molar-refractivity contribution in [2.75, 3.05) is 12.0 Å². The number of nitrogens with zero attached hydrogens (tertiary/aromatic N) is 1. The Morgan fingerprint density at radius 3 is 2.37 bits per heavy atom. The molecule has 2 aromatic rings. The molecule has 0 amide bonds. The summed E-state index contributed by atoms with van der Waals surface area (Å²) in [6, 6.07) is 8.56. The maximum absolute atomic E-state index is 11.8. The van der Waals surface area contributed by atoms with E-state index in [1.807, 2.05) is 6.07 Å². The first-order valence-electron chi connectivity index (χ1n) is 5.13. The third-order valence-corrected chi connectivity index (χ3v) is 5.59. The van der Waals surface area contributed by atoms with Gasteiger partial charge in [0.2, 0.25) is 0 Å². The molecule has 1 aromatic carbocycles. The molecule has 1 aromatic heterocycles. The minimum absolute atomic E-state index is 0.101. The molecule has 0 saturated carbocycles. The van der Waals surface area contributed by atoms with E-state index in [1.54, 1.807) is 24.3 Å². The van der Waals surface area contributed by atoms with E-state index < -0.39 is 9.84 Å². The quantitative estimate of drug-likeness (QED) is 0.924. The van der Waals surface area contributed by atoms with E-state index >= 15 is 0 Å². The monoisotopic (exact) mass is 312 g/mol. The fourth-order valence-electron chi connectivity index (χ4n) is 1.68. The zero-order chi connectivity index (χ0) is 14.2. The molecule has 2 rings (SSSR count). The van der Waals surface area contributed by atoms with Gasteiger partial charge in [-0.1, -0.05) is 23.7 Å². The number of nitrogens with two attached hydrogens (primary N) is 1. The summed E-state index contributed by atoms with van der Waals surface area (Å²) in [5.41, 5.74) is 6.87. The molecule has 0 aliphatic carbocycles. The minimum atomic E-state index is -3.45. The summed E-state index contributed by atoms with van der Waals surface area (Å²) in [5, 5.41) is 9.89. The van der Waals surface area contributed by atoms with Gasteiger partial charge in [-0.2, -0.15) is 5.26 Å². The van der Waals surface area contributed by atoms with Crippen LogP contribution < -0.4 is 5.73 Å². The Kier molecular flexibility index (Phi) is 3.54. The van der Waals surface area contributed by atoms with Gasteiger partial charge >= 0.3 is 0 Å². The molecular weight excluding hydrogens is 304 g/mol. The molecule has 98 valence electrons. The van der Waals surface area contributed by atoms with Crippen LogP contribution in [-0.2, 0) is 9.84 Å².